The van der Waals surface area contributed by atoms with Crippen LogP contribution in [-0.2, 0) is 13.2 Å². The van der Waals surface area contributed by atoms with E-state index in [1.807, 2.05) is 13.0 Å². The molecular weight excluding hydrogens is 524 g/mol. The summed E-state index contributed by atoms with van der Waals surface area (Å²) in [4.78, 5) is 11.1. The molecule has 0 atom stereocenters. The zero-order valence-electron chi connectivity index (χ0n) is 16.9. The first kappa shape index (κ1) is 24.2. The quantitative estimate of drug-likeness (QED) is 0.299. The predicted octanol–water partition coefficient (Wildman–Crippen LogP) is 7.18. The molecule has 0 spiro atoms. The first-order valence-electron chi connectivity index (χ1n) is 9.57. The van der Waals surface area contributed by atoms with E-state index >= 15 is 0 Å². The lowest BCUT2D eigenvalue weighted by Gasteiger charge is -2.16. The summed E-state index contributed by atoms with van der Waals surface area (Å²) in [5.41, 5.74) is 2.26. The van der Waals surface area contributed by atoms with Crippen molar-refractivity contribution in [1.29, 1.82) is 0 Å². The fourth-order valence-electron chi connectivity index (χ4n) is 2.88. The van der Waals surface area contributed by atoms with Crippen molar-refractivity contribution in [3.05, 3.63) is 85.6 Å². The van der Waals surface area contributed by atoms with E-state index in [2.05, 4.69) is 21.2 Å². The van der Waals surface area contributed by atoms with Crippen molar-refractivity contribution in [3.63, 3.8) is 0 Å². The summed E-state index contributed by atoms with van der Waals surface area (Å²) in [5, 5.41) is 12.7. The van der Waals surface area contributed by atoms with Crippen molar-refractivity contribution in [2.24, 2.45) is 0 Å². The second-order valence-corrected chi connectivity index (χ2v) is 8.37. The zero-order chi connectivity index (χ0) is 23.3. The second kappa shape index (κ2) is 10.9. The number of benzene rings is 3. The van der Waals surface area contributed by atoms with Crippen molar-refractivity contribution in [2.45, 2.75) is 20.1 Å². The number of carbonyl (C=O) groups is 1. The van der Waals surface area contributed by atoms with Gasteiger partial charge < -0.3 is 19.9 Å². The van der Waals surface area contributed by atoms with Gasteiger partial charge in [0, 0.05) is 22.3 Å². The van der Waals surface area contributed by atoms with Crippen molar-refractivity contribution in [3.8, 4) is 11.5 Å². The molecule has 0 aliphatic carbocycles. The van der Waals surface area contributed by atoms with Crippen LogP contribution in [0.3, 0.4) is 0 Å². The van der Waals surface area contributed by atoms with Crippen LogP contribution in [-0.4, -0.2) is 17.7 Å². The van der Waals surface area contributed by atoms with Gasteiger partial charge in [-0.15, -0.1) is 0 Å². The van der Waals surface area contributed by atoms with Crippen LogP contribution in [0.4, 0.5) is 10.1 Å². The van der Waals surface area contributed by atoms with Gasteiger partial charge in [0.05, 0.1) is 22.2 Å². The summed E-state index contributed by atoms with van der Waals surface area (Å²) < 4.78 is 25.7. The van der Waals surface area contributed by atoms with Crippen LogP contribution in [0.25, 0.3) is 0 Å². The third-order valence-electron chi connectivity index (χ3n) is 4.49. The average molecular weight is 543 g/mol. The number of hydrogen-bond acceptors (Lipinski definition) is 4. The Morgan fingerprint density at radius 1 is 1.03 bits per heavy atom. The van der Waals surface area contributed by atoms with Gasteiger partial charge in [0.1, 0.15) is 12.4 Å². The Balaban J connectivity index is 1.76. The molecule has 0 saturated carbocycles. The molecule has 0 amide bonds. The van der Waals surface area contributed by atoms with Gasteiger partial charge in [-0.05, 0) is 55.0 Å². The molecule has 0 fully saturated rings. The van der Waals surface area contributed by atoms with E-state index < -0.39 is 11.8 Å². The van der Waals surface area contributed by atoms with Crippen LogP contribution in [0.5, 0.6) is 11.5 Å². The number of ether oxygens (including phenoxy) is 2. The summed E-state index contributed by atoms with van der Waals surface area (Å²) in [6.07, 6.45) is 0. The molecule has 32 heavy (non-hydrogen) atoms. The maximum Gasteiger partial charge on any atom is 0.337 e. The van der Waals surface area contributed by atoms with Crippen LogP contribution in [0.1, 0.15) is 28.4 Å². The molecule has 0 unspecified atom stereocenters. The number of rotatable bonds is 9. The SMILES string of the molecule is CCOc1cc(CNc2ccc(C(=O)O)c(Cl)c2)c(Br)cc1OCc1ccc(F)cc1Cl. The molecule has 5 nitrogen and oxygen atoms in total. The number of aromatic carboxylic acids is 1. The number of nitrogens with one attached hydrogen (secondary N) is 1. The molecule has 0 aromatic heterocycles. The summed E-state index contributed by atoms with van der Waals surface area (Å²) in [6.45, 7) is 2.88. The van der Waals surface area contributed by atoms with E-state index in [4.69, 9.17) is 37.8 Å². The highest BCUT2D eigenvalue weighted by Crippen LogP contribution is 2.35. The van der Waals surface area contributed by atoms with Gasteiger partial charge >= 0.3 is 5.97 Å². The smallest absolute Gasteiger partial charge is 0.337 e. The predicted molar refractivity (Wildman–Crippen MR) is 127 cm³/mol. The number of carboxylic acid groups (broad SMARTS) is 1. The van der Waals surface area contributed by atoms with Gasteiger partial charge in [-0.2, -0.15) is 0 Å². The topological polar surface area (TPSA) is 67.8 Å². The van der Waals surface area contributed by atoms with Gasteiger partial charge in [-0.1, -0.05) is 45.2 Å². The number of hydrogen-bond donors (Lipinski definition) is 2. The molecule has 0 aliphatic heterocycles. The molecule has 9 heteroatoms. The Morgan fingerprint density at radius 2 is 1.78 bits per heavy atom. The molecule has 0 heterocycles. The third kappa shape index (κ3) is 6.06. The van der Waals surface area contributed by atoms with Crippen LogP contribution in [0.15, 0.2) is 53.0 Å². The van der Waals surface area contributed by atoms with E-state index in [0.717, 1.165) is 10.0 Å². The van der Waals surface area contributed by atoms with Crippen LogP contribution >= 0.6 is 39.1 Å². The molecule has 0 radical (unpaired) electrons. The summed E-state index contributed by atoms with van der Waals surface area (Å²) in [5.74, 6) is -0.433. The van der Waals surface area contributed by atoms with Crippen LogP contribution in [0, 0.1) is 5.82 Å². The maximum absolute atomic E-state index is 13.3. The van der Waals surface area contributed by atoms with Crippen LogP contribution in [0.2, 0.25) is 10.0 Å². The van der Waals surface area contributed by atoms with Crippen molar-refractivity contribution in [1.82, 2.24) is 0 Å². The van der Waals surface area contributed by atoms with E-state index in [0.29, 0.717) is 35.9 Å². The third-order valence-corrected chi connectivity index (χ3v) is 5.90. The van der Waals surface area contributed by atoms with Gasteiger partial charge in [0.2, 0.25) is 0 Å². The Bertz CT molecular complexity index is 1140. The molecule has 3 aromatic rings. The minimum atomic E-state index is -1.08. The fraction of sp³-hybridized carbons (Fsp3) is 0.174. The normalized spacial score (nSPS) is 10.7. The Hall–Kier alpha value is -2.48. The first-order valence-corrected chi connectivity index (χ1v) is 11.1. The largest absolute Gasteiger partial charge is 0.490 e. The number of halogens is 4. The summed E-state index contributed by atoms with van der Waals surface area (Å²) in [6, 6.07) is 12.4. The number of carboxylic acids is 1. The molecule has 3 aromatic carbocycles. The lowest BCUT2D eigenvalue weighted by atomic mass is 10.1. The Morgan fingerprint density at radius 3 is 2.44 bits per heavy atom. The van der Waals surface area contributed by atoms with Crippen molar-refractivity contribution < 1.29 is 23.8 Å². The fourth-order valence-corrected chi connectivity index (χ4v) is 3.83. The summed E-state index contributed by atoms with van der Waals surface area (Å²) >= 11 is 15.7. The lowest BCUT2D eigenvalue weighted by molar-refractivity contribution is 0.0697. The second-order valence-electron chi connectivity index (χ2n) is 6.70. The van der Waals surface area contributed by atoms with E-state index in [-0.39, 0.29) is 22.2 Å². The average Bonchev–Trinajstić information content (AvgIpc) is 2.73. The number of anilines is 1. The molecule has 0 aliphatic rings. The lowest BCUT2D eigenvalue weighted by Crippen LogP contribution is -2.05. The highest BCUT2D eigenvalue weighted by Gasteiger charge is 2.13. The monoisotopic (exact) mass is 541 g/mol. The van der Waals surface area contributed by atoms with E-state index in [9.17, 15) is 9.18 Å². The highest BCUT2D eigenvalue weighted by molar-refractivity contribution is 9.10. The van der Waals surface area contributed by atoms with Gasteiger partial charge in [-0.3, -0.25) is 0 Å². The Labute approximate surface area is 203 Å². The zero-order valence-corrected chi connectivity index (χ0v) is 20.0. The summed E-state index contributed by atoms with van der Waals surface area (Å²) in [7, 11) is 0. The first-order chi connectivity index (χ1) is 15.3. The molecule has 168 valence electrons. The van der Waals surface area contributed by atoms with E-state index in [1.54, 1.807) is 24.3 Å². The van der Waals surface area contributed by atoms with Gasteiger partial charge in [0.25, 0.3) is 0 Å². The maximum atomic E-state index is 13.3. The van der Waals surface area contributed by atoms with Gasteiger partial charge in [0.15, 0.2) is 11.5 Å². The minimum absolute atomic E-state index is 0.0415. The standard InChI is InChI=1S/C23H19BrCl2FNO4/c1-2-31-21-7-14(11-28-16-5-6-17(23(29)30)20(26)9-16)18(24)10-22(21)32-12-13-3-4-15(27)8-19(13)25/h3-10,28H,2,11-12H2,1H3,(H,29,30). The Kier molecular flexibility index (Phi) is 8.23. The minimum Gasteiger partial charge on any atom is -0.490 e. The van der Waals surface area contributed by atoms with Crippen LogP contribution < -0.4 is 14.8 Å². The molecule has 0 saturated heterocycles. The molecular formula is C23H19BrCl2FNO4. The van der Waals surface area contributed by atoms with E-state index in [1.165, 1.54) is 18.2 Å². The molecule has 0 bridgehead atoms. The highest BCUT2D eigenvalue weighted by atomic mass is 79.9. The molecule has 2 N–H and O–H groups in total. The van der Waals surface area contributed by atoms with Crippen molar-refractivity contribution in [2.75, 3.05) is 11.9 Å². The molecule has 3 rings (SSSR count). The van der Waals surface area contributed by atoms with Crippen molar-refractivity contribution >= 4 is 50.8 Å². The van der Waals surface area contributed by atoms with Gasteiger partial charge in [-0.25, -0.2) is 9.18 Å².